The van der Waals surface area contributed by atoms with Crippen molar-refractivity contribution in [1.82, 2.24) is 4.57 Å². The molecule has 58 heavy (non-hydrogen) atoms. The van der Waals surface area contributed by atoms with Gasteiger partial charge in [-0.05, 0) is 95.3 Å². The molecule has 0 N–H and O–H groups in total. The van der Waals surface area contributed by atoms with E-state index in [0.717, 1.165) is 28.3 Å². The summed E-state index contributed by atoms with van der Waals surface area (Å²) < 4.78 is 2.48. The molecule has 0 aliphatic heterocycles. The summed E-state index contributed by atoms with van der Waals surface area (Å²) in [7, 11) is 0. The van der Waals surface area contributed by atoms with E-state index in [4.69, 9.17) is 0 Å². The highest BCUT2D eigenvalue weighted by Gasteiger charge is 2.24. The van der Waals surface area contributed by atoms with Crippen LogP contribution in [0, 0.1) is 13.8 Å². The molecule has 1 aromatic heterocycles. The lowest BCUT2D eigenvalue weighted by Crippen LogP contribution is -2.11. The molecular weight excluding hydrogens is 701 g/mol. The van der Waals surface area contributed by atoms with Gasteiger partial charge in [0.05, 0.1) is 28.1 Å². The molecule has 0 aliphatic carbocycles. The Hall–Kier alpha value is -7.42. The predicted molar refractivity (Wildman–Crippen MR) is 247 cm³/mol. The Morgan fingerprint density at radius 2 is 0.914 bits per heavy atom. The number of para-hydroxylation sites is 2. The fourth-order valence-corrected chi connectivity index (χ4v) is 8.69. The fraction of sp³-hybridized carbons (Fsp3) is 0.0357. The molecule has 0 saturated carbocycles. The van der Waals surface area contributed by atoms with Gasteiger partial charge in [-0.1, -0.05) is 181 Å². The van der Waals surface area contributed by atoms with Crippen molar-refractivity contribution in [2.45, 2.75) is 13.8 Å². The fourth-order valence-electron chi connectivity index (χ4n) is 8.69. The summed E-state index contributed by atoms with van der Waals surface area (Å²) in [5, 5.41) is 2.41. The monoisotopic (exact) mass is 742 g/mol. The highest BCUT2D eigenvalue weighted by atomic mass is 15.2. The van der Waals surface area contributed by atoms with Crippen LogP contribution < -0.4 is 4.90 Å². The van der Waals surface area contributed by atoms with Gasteiger partial charge in [0.1, 0.15) is 0 Å². The molecule has 0 saturated heterocycles. The standard InChI is InChI=1S/C56H42N2/c1-39-16-13-22-46(38-39)48-23-9-11-25-50(48)57(47-36-34-44(35-37-47)42-20-7-4-8-21-42)53-28-15-29-54-56(53)49-24-10-12-26-51(49)58(54)52-27-14-17-40(2)55(52)45-32-30-43(31-33-45)41-18-5-3-6-19-41/h3-38H,1-2H3. The van der Waals surface area contributed by atoms with Crippen molar-refractivity contribution >= 4 is 38.9 Å². The first-order valence-electron chi connectivity index (χ1n) is 20.0. The van der Waals surface area contributed by atoms with Gasteiger partial charge in [0.25, 0.3) is 0 Å². The number of anilines is 3. The second-order valence-corrected chi connectivity index (χ2v) is 15.1. The number of aromatic nitrogens is 1. The van der Waals surface area contributed by atoms with E-state index in [9.17, 15) is 0 Å². The van der Waals surface area contributed by atoms with Crippen LogP contribution in [-0.2, 0) is 0 Å². The summed E-state index contributed by atoms with van der Waals surface area (Å²) in [5.74, 6) is 0. The van der Waals surface area contributed by atoms with Crippen LogP contribution in [0.25, 0.3) is 72.0 Å². The molecule has 276 valence electrons. The molecule has 2 heteroatoms. The molecule has 2 nitrogen and oxygen atoms in total. The first-order chi connectivity index (χ1) is 28.6. The van der Waals surface area contributed by atoms with Crippen molar-refractivity contribution in [2.24, 2.45) is 0 Å². The predicted octanol–water partition coefficient (Wildman–Crippen LogP) is 15.5. The van der Waals surface area contributed by atoms with Gasteiger partial charge in [-0.3, -0.25) is 0 Å². The van der Waals surface area contributed by atoms with Gasteiger partial charge in [-0.15, -0.1) is 0 Å². The third kappa shape index (κ3) is 6.26. The lowest BCUT2D eigenvalue weighted by molar-refractivity contribution is 1.17. The largest absolute Gasteiger partial charge is 0.309 e. The molecule has 0 radical (unpaired) electrons. The average molecular weight is 743 g/mol. The summed E-state index contributed by atoms with van der Waals surface area (Å²) in [6.07, 6.45) is 0. The van der Waals surface area contributed by atoms with Crippen LogP contribution in [0.4, 0.5) is 17.1 Å². The van der Waals surface area contributed by atoms with Crippen LogP contribution in [0.1, 0.15) is 11.1 Å². The van der Waals surface area contributed by atoms with E-state index in [1.807, 2.05) is 0 Å². The molecule has 10 rings (SSSR count). The van der Waals surface area contributed by atoms with Gasteiger partial charge < -0.3 is 9.47 Å². The normalized spacial score (nSPS) is 11.3. The minimum Gasteiger partial charge on any atom is -0.309 e. The number of nitrogens with zero attached hydrogens (tertiary/aromatic N) is 2. The van der Waals surface area contributed by atoms with Gasteiger partial charge in [0.15, 0.2) is 0 Å². The van der Waals surface area contributed by atoms with E-state index in [0.29, 0.717) is 0 Å². The van der Waals surface area contributed by atoms with Crippen LogP contribution in [0.2, 0.25) is 0 Å². The Bertz CT molecular complexity index is 3050. The molecular formula is C56H42N2. The maximum Gasteiger partial charge on any atom is 0.0562 e. The summed E-state index contributed by atoms with van der Waals surface area (Å²) in [4.78, 5) is 2.46. The van der Waals surface area contributed by atoms with E-state index in [1.165, 1.54) is 71.9 Å². The molecule has 0 unspecified atom stereocenters. The number of hydrogen-bond acceptors (Lipinski definition) is 1. The van der Waals surface area contributed by atoms with Gasteiger partial charge in [0.2, 0.25) is 0 Å². The second-order valence-electron chi connectivity index (χ2n) is 15.1. The van der Waals surface area contributed by atoms with E-state index in [1.54, 1.807) is 0 Å². The Morgan fingerprint density at radius 3 is 1.64 bits per heavy atom. The highest BCUT2D eigenvalue weighted by molar-refractivity contribution is 6.17. The quantitative estimate of drug-likeness (QED) is 0.150. The lowest BCUT2D eigenvalue weighted by Gasteiger charge is -2.29. The molecule has 10 aromatic rings. The number of benzene rings is 9. The van der Waals surface area contributed by atoms with Crippen LogP contribution in [-0.4, -0.2) is 4.57 Å². The number of aryl methyl sites for hydroxylation is 2. The van der Waals surface area contributed by atoms with Gasteiger partial charge in [-0.25, -0.2) is 0 Å². The Balaban J connectivity index is 1.21. The maximum atomic E-state index is 2.48. The minimum atomic E-state index is 1.10. The lowest BCUT2D eigenvalue weighted by atomic mass is 9.96. The molecule has 0 aliphatic rings. The maximum absolute atomic E-state index is 2.48. The molecule has 1 heterocycles. The van der Waals surface area contributed by atoms with Gasteiger partial charge in [-0.2, -0.15) is 0 Å². The molecule has 9 aromatic carbocycles. The Labute approximate surface area is 340 Å². The zero-order valence-corrected chi connectivity index (χ0v) is 32.7. The number of rotatable bonds is 8. The molecule has 0 fully saturated rings. The first-order valence-corrected chi connectivity index (χ1v) is 20.0. The smallest absolute Gasteiger partial charge is 0.0562 e. The number of fused-ring (bicyclic) bond motifs is 3. The second kappa shape index (κ2) is 14.9. The summed E-state index contributed by atoms with van der Waals surface area (Å²) in [6.45, 7) is 4.39. The Morgan fingerprint density at radius 1 is 0.379 bits per heavy atom. The van der Waals surface area contributed by atoms with Crippen LogP contribution in [0.15, 0.2) is 218 Å². The summed E-state index contributed by atoms with van der Waals surface area (Å²) in [5.41, 5.74) is 18.9. The first kappa shape index (κ1) is 35.0. The van der Waals surface area contributed by atoms with Gasteiger partial charge >= 0.3 is 0 Å². The molecule has 0 amide bonds. The number of hydrogen-bond donors (Lipinski definition) is 0. The van der Waals surface area contributed by atoms with Crippen molar-refractivity contribution in [3.63, 3.8) is 0 Å². The van der Waals surface area contributed by atoms with Gasteiger partial charge in [0, 0.05) is 27.6 Å². The molecule has 0 bridgehead atoms. The van der Waals surface area contributed by atoms with Crippen molar-refractivity contribution in [3.05, 3.63) is 230 Å². The summed E-state index contributed by atoms with van der Waals surface area (Å²) >= 11 is 0. The SMILES string of the molecule is Cc1cccc(-c2ccccc2N(c2ccc(-c3ccccc3)cc2)c2cccc3c2c2ccccc2n3-c2cccc(C)c2-c2ccc(-c3ccccc3)cc2)c1. The van der Waals surface area contributed by atoms with Crippen molar-refractivity contribution < 1.29 is 0 Å². The molecule has 0 atom stereocenters. The van der Waals surface area contributed by atoms with E-state index in [-0.39, 0.29) is 0 Å². The zero-order valence-electron chi connectivity index (χ0n) is 32.7. The van der Waals surface area contributed by atoms with Crippen LogP contribution in [0.3, 0.4) is 0 Å². The average Bonchev–Trinajstić information content (AvgIpc) is 3.62. The van der Waals surface area contributed by atoms with E-state index in [2.05, 4.69) is 242 Å². The van der Waals surface area contributed by atoms with E-state index < -0.39 is 0 Å². The van der Waals surface area contributed by atoms with Crippen molar-refractivity contribution in [1.29, 1.82) is 0 Å². The minimum absolute atomic E-state index is 1.10. The topological polar surface area (TPSA) is 8.17 Å². The van der Waals surface area contributed by atoms with Crippen LogP contribution in [0.5, 0.6) is 0 Å². The zero-order chi connectivity index (χ0) is 39.0. The summed E-state index contributed by atoms with van der Waals surface area (Å²) in [6, 6.07) is 79.3. The Kier molecular flexibility index (Phi) is 9.01. The van der Waals surface area contributed by atoms with Crippen LogP contribution >= 0.6 is 0 Å². The third-order valence-electron chi connectivity index (χ3n) is 11.4. The van der Waals surface area contributed by atoms with Crippen molar-refractivity contribution in [3.8, 4) is 50.2 Å². The van der Waals surface area contributed by atoms with E-state index >= 15 is 0 Å². The third-order valence-corrected chi connectivity index (χ3v) is 11.4. The van der Waals surface area contributed by atoms with Crippen molar-refractivity contribution in [2.75, 3.05) is 4.90 Å². The highest BCUT2D eigenvalue weighted by Crippen LogP contribution is 2.47. The molecule has 0 spiro atoms.